The van der Waals surface area contributed by atoms with Crippen LogP contribution in [0.3, 0.4) is 0 Å². The van der Waals surface area contributed by atoms with E-state index in [9.17, 15) is 9.59 Å². The molecule has 4 aromatic carbocycles. The van der Waals surface area contributed by atoms with Gasteiger partial charge in [0.15, 0.2) is 0 Å². The summed E-state index contributed by atoms with van der Waals surface area (Å²) < 4.78 is 0. The van der Waals surface area contributed by atoms with Crippen LogP contribution in [-0.4, -0.2) is 18.0 Å². The molecule has 180 valence electrons. The SMILES string of the molecule is O=C1[C@H]2[C@H]3c4ccc(cc4)[C@@](C=Nc4ccccc4Cl)(c4ccccc43)[C@@H]2C(=O)N1c1ccccc1Cl. The number of aliphatic imine (C=N–C) groups is 1. The number of hydrogen-bond donors (Lipinski definition) is 0. The van der Waals surface area contributed by atoms with Gasteiger partial charge < -0.3 is 0 Å². The smallest absolute Gasteiger partial charge is 0.239 e. The van der Waals surface area contributed by atoms with Gasteiger partial charge in [0.2, 0.25) is 11.8 Å². The van der Waals surface area contributed by atoms with Crippen LogP contribution in [0.4, 0.5) is 11.4 Å². The van der Waals surface area contributed by atoms with E-state index in [1.165, 1.54) is 4.90 Å². The molecule has 1 heterocycles. The molecule has 37 heavy (non-hydrogen) atoms. The Hall–Kier alpha value is -3.73. The molecule has 1 fully saturated rings. The summed E-state index contributed by atoms with van der Waals surface area (Å²) >= 11 is 13.0. The Morgan fingerprint density at radius 1 is 0.757 bits per heavy atom. The third-order valence-corrected chi connectivity index (χ3v) is 8.68. The van der Waals surface area contributed by atoms with E-state index < -0.39 is 17.3 Å². The number of benzene rings is 4. The fourth-order valence-corrected chi connectivity index (χ4v) is 6.93. The van der Waals surface area contributed by atoms with Gasteiger partial charge in [-0.1, -0.05) is 96.0 Å². The minimum Gasteiger partial charge on any atom is -0.274 e. The minimum atomic E-state index is -0.974. The van der Waals surface area contributed by atoms with Gasteiger partial charge in [-0.15, -0.1) is 0 Å². The van der Waals surface area contributed by atoms with Crippen LogP contribution in [0.5, 0.6) is 0 Å². The maximum Gasteiger partial charge on any atom is 0.239 e. The second kappa shape index (κ2) is 8.14. The first-order chi connectivity index (χ1) is 18.0. The van der Waals surface area contributed by atoms with Gasteiger partial charge in [0.05, 0.1) is 38.7 Å². The van der Waals surface area contributed by atoms with Gasteiger partial charge in [-0.3, -0.25) is 14.6 Å². The van der Waals surface area contributed by atoms with Crippen LogP contribution in [0.15, 0.2) is 102 Å². The molecule has 5 aliphatic carbocycles. The van der Waals surface area contributed by atoms with Crippen molar-refractivity contribution in [3.05, 3.63) is 129 Å². The number of halogens is 2. The second-order valence-corrected chi connectivity index (χ2v) is 10.5. The van der Waals surface area contributed by atoms with Crippen molar-refractivity contribution < 1.29 is 9.59 Å². The second-order valence-electron chi connectivity index (χ2n) is 9.73. The summed E-state index contributed by atoms with van der Waals surface area (Å²) in [6.07, 6.45) is 1.84. The van der Waals surface area contributed by atoms with Crippen molar-refractivity contribution in [2.45, 2.75) is 11.3 Å². The van der Waals surface area contributed by atoms with Crippen LogP contribution >= 0.6 is 23.2 Å². The number of rotatable bonds is 3. The molecule has 4 bridgehead atoms. The Labute approximate surface area is 224 Å². The number of nitrogens with zero attached hydrogens (tertiary/aromatic N) is 2. The Kier molecular flexibility index (Phi) is 4.94. The topological polar surface area (TPSA) is 49.7 Å². The molecule has 2 amide bonds. The number of anilines is 1. The van der Waals surface area contributed by atoms with Crippen molar-refractivity contribution in [1.29, 1.82) is 0 Å². The predicted octanol–water partition coefficient (Wildman–Crippen LogP) is 6.95. The summed E-state index contributed by atoms with van der Waals surface area (Å²) in [6.45, 7) is 0. The van der Waals surface area contributed by atoms with Crippen LogP contribution in [0.2, 0.25) is 10.0 Å². The van der Waals surface area contributed by atoms with Crippen molar-refractivity contribution in [3.8, 4) is 0 Å². The summed E-state index contributed by atoms with van der Waals surface area (Å²) in [6, 6.07) is 30.7. The van der Waals surface area contributed by atoms with Crippen molar-refractivity contribution >= 4 is 52.6 Å². The molecule has 6 heteroatoms. The molecule has 0 aromatic heterocycles. The Morgan fingerprint density at radius 3 is 2.19 bits per heavy atom. The fraction of sp³-hybridized carbons (Fsp3) is 0.129. The summed E-state index contributed by atoms with van der Waals surface area (Å²) in [7, 11) is 0. The van der Waals surface area contributed by atoms with Gasteiger partial charge in [0, 0.05) is 12.1 Å². The molecule has 4 atom stereocenters. The number of imide groups is 1. The van der Waals surface area contributed by atoms with Crippen molar-refractivity contribution in [2.24, 2.45) is 16.8 Å². The first-order valence-corrected chi connectivity index (χ1v) is 12.9. The summed E-state index contributed by atoms with van der Waals surface area (Å²) in [5.41, 5.74) is 4.00. The van der Waals surface area contributed by atoms with E-state index in [1.807, 2.05) is 36.5 Å². The van der Waals surface area contributed by atoms with Crippen LogP contribution < -0.4 is 4.90 Å². The summed E-state index contributed by atoms with van der Waals surface area (Å²) in [5, 5.41) is 0.878. The van der Waals surface area contributed by atoms with E-state index in [0.29, 0.717) is 21.4 Å². The van der Waals surface area contributed by atoms with Crippen LogP contribution in [0.1, 0.15) is 28.2 Å². The van der Waals surface area contributed by atoms with Gasteiger partial charge in [-0.05, 0) is 46.5 Å². The Morgan fingerprint density at radius 2 is 1.43 bits per heavy atom. The minimum absolute atomic E-state index is 0.236. The number of para-hydroxylation sites is 2. The number of hydrogen-bond acceptors (Lipinski definition) is 3. The largest absolute Gasteiger partial charge is 0.274 e. The van der Waals surface area contributed by atoms with E-state index >= 15 is 0 Å². The molecule has 0 N–H and O–H groups in total. The van der Waals surface area contributed by atoms with Crippen molar-refractivity contribution in [3.63, 3.8) is 0 Å². The summed E-state index contributed by atoms with van der Waals surface area (Å²) in [4.78, 5) is 34.8. The molecule has 6 aliphatic rings. The van der Waals surface area contributed by atoms with Gasteiger partial charge in [0.1, 0.15) is 0 Å². The lowest BCUT2D eigenvalue weighted by Gasteiger charge is -2.48. The Balaban J connectivity index is 1.54. The van der Waals surface area contributed by atoms with E-state index in [-0.39, 0.29) is 17.7 Å². The lowest BCUT2D eigenvalue weighted by molar-refractivity contribution is -0.122. The van der Waals surface area contributed by atoms with Gasteiger partial charge in [0.25, 0.3) is 0 Å². The molecule has 4 nitrogen and oxygen atoms in total. The third-order valence-electron chi connectivity index (χ3n) is 8.04. The molecule has 0 unspecified atom stereocenters. The predicted molar refractivity (Wildman–Crippen MR) is 146 cm³/mol. The van der Waals surface area contributed by atoms with Gasteiger partial charge >= 0.3 is 0 Å². The normalized spacial score (nSPS) is 25.4. The van der Waals surface area contributed by atoms with Crippen LogP contribution in [0.25, 0.3) is 0 Å². The monoisotopic (exact) mass is 522 g/mol. The highest BCUT2D eigenvalue weighted by Gasteiger charge is 2.65. The third kappa shape index (κ3) is 3.00. The first-order valence-electron chi connectivity index (χ1n) is 12.1. The van der Waals surface area contributed by atoms with E-state index in [1.54, 1.807) is 30.3 Å². The van der Waals surface area contributed by atoms with Crippen LogP contribution in [0, 0.1) is 11.8 Å². The van der Waals surface area contributed by atoms with Gasteiger partial charge in [-0.25, -0.2) is 4.90 Å². The maximum absolute atomic E-state index is 14.4. The van der Waals surface area contributed by atoms with Crippen LogP contribution in [-0.2, 0) is 15.0 Å². The molecule has 1 aliphatic heterocycles. The summed E-state index contributed by atoms with van der Waals surface area (Å²) in [5.74, 6) is -2.06. The average Bonchev–Trinajstić information content (AvgIpc) is 3.16. The lowest BCUT2D eigenvalue weighted by Crippen LogP contribution is -2.51. The number of amides is 2. The fourth-order valence-electron chi connectivity index (χ4n) is 6.52. The quantitative estimate of drug-likeness (QED) is 0.216. The highest BCUT2D eigenvalue weighted by molar-refractivity contribution is 6.36. The van der Waals surface area contributed by atoms with E-state index in [2.05, 4.69) is 36.4 Å². The highest BCUT2D eigenvalue weighted by Crippen LogP contribution is 2.60. The number of carbonyl (C=O) groups excluding carboxylic acids is 2. The molecule has 10 rings (SSSR count). The van der Waals surface area contributed by atoms with Crippen molar-refractivity contribution in [2.75, 3.05) is 4.90 Å². The Bertz CT molecular complexity index is 1630. The molecule has 0 radical (unpaired) electrons. The van der Waals surface area contributed by atoms with Gasteiger partial charge in [-0.2, -0.15) is 0 Å². The average molecular weight is 523 g/mol. The van der Waals surface area contributed by atoms with E-state index in [4.69, 9.17) is 28.2 Å². The maximum atomic E-state index is 14.4. The molecular weight excluding hydrogens is 503 g/mol. The van der Waals surface area contributed by atoms with Crippen molar-refractivity contribution in [1.82, 2.24) is 0 Å². The van der Waals surface area contributed by atoms with E-state index in [0.717, 1.165) is 22.3 Å². The zero-order chi connectivity index (χ0) is 25.3. The first kappa shape index (κ1) is 22.5. The zero-order valence-corrected chi connectivity index (χ0v) is 21.0. The molecule has 1 saturated heterocycles. The molecule has 0 spiro atoms. The lowest BCUT2D eigenvalue weighted by atomic mass is 9.52. The molecular formula is C31H20Cl2N2O2. The zero-order valence-electron chi connectivity index (χ0n) is 19.5. The molecule has 0 saturated carbocycles. The number of carbonyl (C=O) groups is 2. The molecule has 4 aromatic rings. The standard InChI is InChI=1S/C31H20Cl2N2O2/c32-22-9-3-5-11-24(22)34-17-31-19-15-13-18(14-16-19)26(20-7-1-2-8-21(20)31)27-28(31)30(37)35(29(27)36)25-12-6-4-10-23(25)33/h1-17,26-28H/t26-,27-,28-,31-/m0/s1. The highest BCUT2D eigenvalue weighted by atomic mass is 35.5.